The van der Waals surface area contributed by atoms with Crippen LogP contribution in [0.2, 0.25) is 0 Å². The second-order valence-corrected chi connectivity index (χ2v) is 4.08. The lowest BCUT2D eigenvalue weighted by Crippen LogP contribution is -2.53. The SMILES string of the molecule is CC1CC(O)CC(C)(C)N1[O]. The van der Waals surface area contributed by atoms with E-state index in [1.807, 2.05) is 20.8 Å². The minimum atomic E-state index is -0.392. The van der Waals surface area contributed by atoms with E-state index in [-0.39, 0.29) is 12.1 Å². The number of hydrogen-bond acceptors (Lipinski definition) is 2. The largest absolute Gasteiger partial charge is 0.393 e. The van der Waals surface area contributed by atoms with Crippen molar-refractivity contribution in [2.75, 3.05) is 0 Å². The molecular formula is C8H16NO2. The fourth-order valence-electron chi connectivity index (χ4n) is 1.84. The zero-order chi connectivity index (χ0) is 8.65. The summed E-state index contributed by atoms with van der Waals surface area (Å²) in [5.74, 6) is 0. The molecular weight excluding hydrogens is 142 g/mol. The van der Waals surface area contributed by atoms with Gasteiger partial charge in [-0.3, -0.25) is 0 Å². The first-order valence-electron chi connectivity index (χ1n) is 4.08. The lowest BCUT2D eigenvalue weighted by Gasteiger charge is -2.42. The number of hydroxylamine groups is 2. The van der Waals surface area contributed by atoms with Crippen LogP contribution in [0.4, 0.5) is 0 Å². The molecule has 1 heterocycles. The molecule has 1 aliphatic rings. The van der Waals surface area contributed by atoms with Crippen LogP contribution in [0.15, 0.2) is 0 Å². The highest BCUT2D eigenvalue weighted by Crippen LogP contribution is 2.29. The Morgan fingerprint density at radius 1 is 1.55 bits per heavy atom. The highest BCUT2D eigenvalue weighted by Gasteiger charge is 2.38. The van der Waals surface area contributed by atoms with Gasteiger partial charge >= 0.3 is 0 Å². The van der Waals surface area contributed by atoms with E-state index in [0.29, 0.717) is 12.8 Å². The van der Waals surface area contributed by atoms with Gasteiger partial charge in [0.2, 0.25) is 0 Å². The molecule has 1 fully saturated rings. The summed E-state index contributed by atoms with van der Waals surface area (Å²) in [5, 5.41) is 21.9. The fourth-order valence-corrected chi connectivity index (χ4v) is 1.84. The van der Waals surface area contributed by atoms with Gasteiger partial charge in [-0.15, -0.1) is 10.3 Å². The first kappa shape index (κ1) is 8.97. The first-order valence-corrected chi connectivity index (χ1v) is 4.08. The molecule has 0 bridgehead atoms. The van der Waals surface area contributed by atoms with Crippen molar-refractivity contribution in [1.82, 2.24) is 5.06 Å². The van der Waals surface area contributed by atoms with Gasteiger partial charge in [0, 0.05) is 11.6 Å². The monoisotopic (exact) mass is 158 g/mol. The van der Waals surface area contributed by atoms with Crippen molar-refractivity contribution >= 4 is 0 Å². The molecule has 0 saturated carbocycles. The molecule has 0 aromatic rings. The smallest absolute Gasteiger partial charge is 0.0574 e. The molecule has 0 spiro atoms. The molecule has 1 rings (SSSR count). The number of hydrogen-bond donors (Lipinski definition) is 1. The summed E-state index contributed by atoms with van der Waals surface area (Å²) in [6, 6.07) is -0.0475. The molecule has 0 amide bonds. The standard InChI is InChI=1S/C8H16NO2/c1-6-4-7(10)5-8(2,3)9(6)11/h6-7,10H,4-5H2,1-3H3. The van der Waals surface area contributed by atoms with E-state index in [4.69, 9.17) is 0 Å². The van der Waals surface area contributed by atoms with Crippen molar-refractivity contribution in [3.8, 4) is 0 Å². The van der Waals surface area contributed by atoms with Crippen molar-refractivity contribution in [3.63, 3.8) is 0 Å². The average molecular weight is 158 g/mol. The topological polar surface area (TPSA) is 43.4 Å². The number of aliphatic hydroxyl groups is 1. The summed E-state index contributed by atoms with van der Waals surface area (Å²) in [7, 11) is 0. The van der Waals surface area contributed by atoms with Gasteiger partial charge in [0.15, 0.2) is 0 Å². The van der Waals surface area contributed by atoms with Gasteiger partial charge in [-0.2, -0.15) is 0 Å². The van der Waals surface area contributed by atoms with E-state index >= 15 is 0 Å². The van der Waals surface area contributed by atoms with E-state index in [2.05, 4.69) is 0 Å². The molecule has 11 heavy (non-hydrogen) atoms. The van der Waals surface area contributed by atoms with Crippen molar-refractivity contribution in [1.29, 1.82) is 0 Å². The number of nitrogens with zero attached hydrogens (tertiary/aromatic N) is 1. The summed E-state index contributed by atoms with van der Waals surface area (Å²) >= 11 is 0. The molecule has 1 N–H and O–H groups in total. The summed E-state index contributed by atoms with van der Waals surface area (Å²) in [4.78, 5) is 0. The molecule has 2 atom stereocenters. The molecule has 1 radical (unpaired) electrons. The third-order valence-electron chi connectivity index (χ3n) is 2.35. The van der Waals surface area contributed by atoms with Crippen LogP contribution >= 0.6 is 0 Å². The predicted molar refractivity (Wildman–Crippen MR) is 41.3 cm³/mol. The Kier molecular flexibility index (Phi) is 2.23. The zero-order valence-corrected chi connectivity index (χ0v) is 7.37. The molecule has 1 saturated heterocycles. The summed E-state index contributed by atoms with van der Waals surface area (Å²) < 4.78 is 0. The highest BCUT2D eigenvalue weighted by atomic mass is 16.5. The normalized spacial score (nSPS) is 39.0. The van der Waals surface area contributed by atoms with E-state index < -0.39 is 5.54 Å². The number of aliphatic hydroxyl groups excluding tert-OH is 1. The number of piperidine rings is 1. The highest BCUT2D eigenvalue weighted by molar-refractivity contribution is 4.88. The number of rotatable bonds is 0. The Morgan fingerprint density at radius 2 is 2.09 bits per heavy atom. The third-order valence-corrected chi connectivity index (χ3v) is 2.35. The lowest BCUT2D eigenvalue weighted by atomic mass is 9.87. The molecule has 0 aromatic heterocycles. The van der Waals surface area contributed by atoms with Crippen molar-refractivity contribution in [3.05, 3.63) is 0 Å². The van der Waals surface area contributed by atoms with Gasteiger partial charge in [-0.05, 0) is 33.6 Å². The Hall–Kier alpha value is -0.120. The molecule has 0 aliphatic carbocycles. The van der Waals surface area contributed by atoms with Crippen LogP contribution in [0.3, 0.4) is 0 Å². The third kappa shape index (κ3) is 1.72. The summed E-state index contributed by atoms with van der Waals surface area (Å²) in [6.45, 7) is 5.61. The quantitative estimate of drug-likeness (QED) is 0.570. The Morgan fingerprint density at radius 3 is 2.55 bits per heavy atom. The maximum Gasteiger partial charge on any atom is 0.0574 e. The van der Waals surface area contributed by atoms with E-state index in [1.54, 1.807) is 0 Å². The van der Waals surface area contributed by atoms with Gasteiger partial charge in [-0.25, -0.2) is 0 Å². The maximum absolute atomic E-state index is 11.4. The maximum atomic E-state index is 11.4. The predicted octanol–water partition coefficient (Wildman–Crippen LogP) is 0.956. The van der Waals surface area contributed by atoms with Crippen LogP contribution < -0.4 is 0 Å². The van der Waals surface area contributed by atoms with Crippen LogP contribution in [-0.2, 0) is 5.21 Å². The second-order valence-electron chi connectivity index (χ2n) is 4.08. The Labute approximate surface area is 67.6 Å². The van der Waals surface area contributed by atoms with E-state index in [0.717, 1.165) is 5.06 Å². The van der Waals surface area contributed by atoms with Crippen LogP contribution in [-0.4, -0.2) is 27.9 Å². The van der Waals surface area contributed by atoms with E-state index in [9.17, 15) is 10.3 Å². The molecule has 2 unspecified atom stereocenters. The molecule has 3 nitrogen and oxygen atoms in total. The van der Waals surface area contributed by atoms with Crippen LogP contribution in [0.1, 0.15) is 33.6 Å². The van der Waals surface area contributed by atoms with Crippen molar-refractivity contribution < 1.29 is 10.3 Å². The molecule has 65 valence electrons. The zero-order valence-electron chi connectivity index (χ0n) is 7.37. The van der Waals surface area contributed by atoms with Gasteiger partial charge in [-0.1, -0.05) is 0 Å². The van der Waals surface area contributed by atoms with Gasteiger partial charge in [0.05, 0.1) is 6.10 Å². The van der Waals surface area contributed by atoms with Gasteiger partial charge in [0.25, 0.3) is 0 Å². The summed E-state index contributed by atoms with van der Waals surface area (Å²) in [6.07, 6.45) is 0.888. The Bertz CT molecular complexity index is 147. The van der Waals surface area contributed by atoms with E-state index in [1.165, 1.54) is 0 Å². The minimum absolute atomic E-state index is 0.0475. The minimum Gasteiger partial charge on any atom is -0.393 e. The lowest BCUT2D eigenvalue weighted by molar-refractivity contribution is -0.267. The van der Waals surface area contributed by atoms with Crippen LogP contribution in [0.5, 0.6) is 0 Å². The second kappa shape index (κ2) is 2.73. The molecule has 1 aliphatic heterocycles. The van der Waals surface area contributed by atoms with Gasteiger partial charge in [0.1, 0.15) is 0 Å². The fraction of sp³-hybridized carbons (Fsp3) is 1.00. The van der Waals surface area contributed by atoms with Crippen LogP contribution in [0, 0.1) is 0 Å². The summed E-state index contributed by atoms with van der Waals surface area (Å²) in [5.41, 5.74) is -0.392. The average Bonchev–Trinajstić information content (AvgIpc) is 1.81. The van der Waals surface area contributed by atoms with Crippen molar-refractivity contribution in [2.24, 2.45) is 0 Å². The Balaban J connectivity index is 2.67. The molecule has 0 aromatic carbocycles. The first-order chi connectivity index (χ1) is 4.93. The van der Waals surface area contributed by atoms with Crippen LogP contribution in [0.25, 0.3) is 0 Å². The van der Waals surface area contributed by atoms with Gasteiger partial charge < -0.3 is 5.11 Å². The van der Waals surface area contributed by atoms with Crippen molar-refractivity contribution in [2.45, 2.75) is 51.3 Å². The molecule has 3 heteroatoms.